The first kappa shape index (κ1) is 11.3. The molecule has 1 aromatic heterocycles. The second-order valence-corrected chi connectivity index (χ2v) is 5.77. The number of anilines is 1. The van der Waals surface area contributed by atoms with E-state index in [1.807, 2.05) is 0 Å². The van der Waals surface area contributed by atoms with Crippen molar-refractivity contribution in [3.8, 4) is 0 Å². The van der Waals surface area contributed by atoms with Gasteiger partial charge in [0, 0.05) is 18.4 Å². The third kappa shape index (κ3) is 2.51. The molecule has 0 amide bonds. The largest absolute Gasteiger partial charge is 0.397 e. The third-order valence-electron chi connectivity index (χ3n) is 2.72. The minimum atomic E-state index is -3.46. The quantitative estimate of drug-likeness (QED) is 0.822. The van der Waals surface area contributed by atoms with Gasteiger partial charge in [0.15, 0.2) is 0 Å². The molecule has 1 heterocycles. The number of nitrogens with zero attached hydrogens (tertiary/aromatic N) is 1. The number of pyridine rings is 1. The molecule has 16 heavy (non-hydrogen) atoms. The molecule has 0 radical (unpaired) electrons. The number of aromatic nitrogens is 1. The van der Waals surface area contributed by atoms with Gasteiger partial charge in [-0.2, -0.15) is 0 Å². The standard InChI is InChI=1S/C10H15N3O2S/c11-8-5-10(7-12-6-8)16(14,15)13-9-3-1-2-4-9/h5-7,9,13H,1-4,11H2. The highest BCUT2D eigenvalue weighted by Gasteiger charge is 2.23. The van der Waals surface area contributed by atoms with E-state index >= 15 is 0 Å². The van der Waals surface area contributed by atoms with Crippen LogP contribution in [0.25, 0.3) is 0 Å². The molecule has 5 nitrogen and oxygen atoms in total. The second kappa shape index (κ2) is 4.39. The smallest absolute Gasteiger partial charge is 0.242 e. The van der Waals surface area contributed by atoms with E-state index in [1.165, 1.54) is 18.5 Å². The number of nitrogen functional groups attached to an aromatic ring is 1. The first-order chi connectivity index (χ1) is 7.58. The summed E-state index contributed by atoms with van der Waals surface area (Å²) in [6, 6.07) is 1.48. The number of sulfonamides is 1. The fraction of sp³-hybridized carbons (Fsp3) is 0.500. The Morgan fingerprint density at radius 2 is 2.00 bits per heavy atom. The maximum atomic E-state index is 11.9. The van der Waals surface area contributed by atoms with Gasteiger partial charge >= 0.3 is 0 Å². The van der Waals surface area contributed by atoms with Gasteiger partial charge in [-0.3, -0.25) is 4.98 Å². The van der Waals surface area contributed by atoms with Gasteiger partial charge < -0.3 is 5.73 Å². The lowest BCUT2D eigenvalue weighted by Crippen LogP contribution is -2.32. The van der Waals surface area contributed by atoms with Gasteiger partial charge in [-0.05, 0) is 18.9 Å². The third-order valence-corrected chi connectivity index (χ3v) is 4.21. The van der Waals surface area contributed by atoms with Crippen LogP contribution in [-0.4, -0.2) is 19.4 Å². The Hall–Kier alpha value is -1.14. The molecular weight excluding hydrogens is 226 g/mol. The van der Waals surface area contributed by atoms with Crippen LogP contribution >= 0.6 is 0 Å². The second-order valence-electron chi connectivity index (χ2n) is 4.06. The van der Waals surface area contributed by atoms with Crippen LogP contribution < -0.4 is 10.5 Å². The Bertz CT molecular complexity index is 467. The van der Waals surface area contributed by atoms with Crippen LogP contribution in [0.3, 0.4) is 0 Å². The molecule has 0 saturated heterocycles. The Balaban J connectivity index is 2.18. The number of hydrogen-bond donors (Lipinski definition) is 2. The lowest BCUT2D eigenvalue weighted by molar-refractivity contribution is 0.552. The van der Waals surface area contributed by atoms with Gasteiger partial charge in [-0.15, -0.1) is 0 Å². The van der Waals surface area contributed by atoms with Crippen molar-refractivity contribution in [2.45, 2.75) is 36.6 Å². The molecular formula is C10H15N3O2S. The Kier molecular flexibility index (Phi) is 3.11. The average Bonchev–Trinajstić information content (AvgIpc) is 2.70. The molecule has 0 bridgehead atoms. The van der Waals surface area contributed by atoms with Gasteiger partial charge in [0.05, 0.1) is 5.69 Å². The van der Waals surface area contributed by atoms with Crippen molar-refractivity contribution in [1.82, 2.24) is 9.71 Å². The maximum Gasteiger partial charge on any atom is 0.242 e. The molecule has 0 unspecified atom stereocenters. The number of hydrogen-bond acceptors (Lipinski definition) is 4. The Labute approximate surface area is 95.1 Å². The first-order valence-corrected chi connectivity index (χ1v) is 6.79. The summed E-state index contributed by atoms with van der Waals surface area (Å²) in [6.45, 7) is 0. The van der Waals surface area contributed by atoms with Crippen molar-refractivity contribution >= 4 is 15.7 Å². The molecule has 1 fully saturated rings. The summed E-state index contributed by atoms with van der Waals surface area (Å²) in [7, 11) is -3.46. The van der Waals surface area contributed by atoms with Crippen molar-refractivity contribution in [2.75, 3.05) is 5.73 Å². The molecule has 88 valence electrons. The fourth-order valence-electron chi connectivity index (χ4n) is 1.91. The van der Waals surface area contributed by atoms with Crippen LogP contribution in [0.1, 0.15) is 25.7 Å². The Morgan fingerprint density at radius 1 is 1.31 bits per heavy atom. The monoisotopic (exact) mass is 241 g/mol. The molecule has 1 aliphatic rings. The molecule has 1 saturated carbocycles. The minimum Gasteiger partial charge on any atom is -0.397 e. The fourth-order valence-corrected chi connectivity index (χ4v) is 3.22. The van der Waals surface area contributed by atoms with Gasteiger partial charge in [-0.25, -0.2) is 13.1 Å². The van der Waals surface area contributed by atoms with Crippen molar-refractivity contribution in [3.63, 3.8) is 0 Å². The van der Waals surface area contributed by atoms with E-state index in [9.17, 15) is 8.42 Å². The number of nitrogens with one attached hydrogen (secondary N) is 1. The summed E-state index contributed by atoms with van der Waals surface area (Å²) in [4.78, 5) is 3.92. The molecule has 1 aliphatic carbocycles. The molecule has 6 heteroatoms. The van der Waals surface area contributed by atoms with Crippen molar-refractivity contribution in [3.05, 3.63) is 18.5 Å². The molecule has 2 rings (SSSR count). The van der Waals surface area contributed by atoms with Crippen LogP contribution in [0, 0.1) is 0 Å². The van der Waals surface area contributed by atoms with Crippen LogP contribution in [0.2, 0.25) is 0 Å². The van der Waals surface area contributed by atoms with E-state index in [1.54, 1.807) is 0 Å². The van der Waals surface area contributed by atoms with Crippen LogP contribution in [0.15, 0.2) is 23.4 Å². The molecule has 0 atom stereocenters. The summed E-state index contributed by atoms with van der Waals surface area (Å²) in [5, 5.41) is 0. The highest BCUT2D eigenvalue weighted by atomic mass is 32.2. The average molecular weight is 241 g/mol. The molecule has 1 aromatic rings. The highest BCUT2D eigenvalue weighted by molar-refractivity contribution is 7.89. The first-order valence-electron chi connectivity index (χ1n) is 5.31. The van der Waals surface area contributed by atoms with Gasteiger partial charge in [0.2, 0.25) is 10.0 Å². The van der Waals surface area contributed by atoms with Gasteiger partial charge in [-0.1, -0.05) is 12.8 Å². The molecule has 0 aliphatic heterocycles. The van der Waals surface area contributed by atoms with Crippen LogP contribution in [-0.2, 0) is 10.0 Å². The molecule has 0 aromatic carbocycles. The zero-order chi connectivity index (χ0) is 11.6. The topological polar surface area (TPSA) is 85.1 Å². The van der Waals surface area contributed by atoms with E-state index < -0.39 is 10.0 Å². The van der Waals surface area contributed by atoms with E-state index in [4.69, 9.17) is 5.73 Å². The predicted octanol–water partition coefficient (Wildman–Crippen LogP) is 0.885. The Morgan fingerprint density at radius 3 is 2.62 bits per heavy atom. The summed E-state index contributed by atoms with van der Waals surface area (Å²) >= 11 is 0. The van der Waals surface area contributed by atoms with Crippen molar-refractivity contribution in [1.29, 1.82) is 0 Å². The van der Waals surface area contributed by atoms with E-state index in [-0.39, 0.29) is 10.9 Å². The summed E-state index contributed by atoms with van der Waals surface area (Å²) in [6.07, 6.45) is 6.73. The zero-order valence-electron chi connectivity index (χ0n) is 8.89. The zero-order valence-corrected chi connectivity index (χ0v) is 9.70. The SMILES string of the molecule is Nc1cncc(S(=O)(=O)NC2CCCC2)c1. The maximum absolute atomic E-state index is 11.9. The van der Waals surface area contributed by atoms with E-state index in [0.717, 1.165) is 25.7 Å². The summed E-state index contributed by atoms with van der Waals surface area (Å²) in [5.41, 5.74) is 5.86. The summed E-state index contributed by atoms with van der Waals surface area (Å²) < 4.78 is 26.5. The van der Waals surface area contributed by atoms with Gasteiger partial charge in [0.25, 0.3) is 0 Å². The predicted molar refractivity (Wildman–Crippen MR) is 61.2 cm³/mol. The summed E-state index contributed by atoms with van der Waals surface area (Å²) in [5.74, 6) is 0. The van der Waals surface area contributed by atoms with Crippen LogP contribution in [0.5, 0.6) is 0 Å². The highest BCUT2D eigenvalue weighted by Crippen LogP contribution is 2.20. The van der Waals surface area contributed by atoms with E-state index in [0.29, 0.717) is 5.69 Å². The number of nitrogens with two attached hydrogens (primary N) is 1. The normalized spacial score (nSPS) is 17.8. The molecule has 0 spiro atoms. The van der Waals surface area contributed by atoms with Crippen molar-refractivity contribution in [2.24, 2.45) is 0 Å². The van der Waals surface area contributed by atoms with Crippen molar-refractivity contribution < 1.29 is 8.42 Å². The van der Waals surface area contributed by atoms with E-state index in [2.05, 4.69) is 9.71 Å². The minimum absolute atomic E-state index is 0.0615. The molecule has 3 N–H and O–H groups in total. The lowest BCUT2D eigenvalue weighted by Gasteiger charge is -2.12. The lowest BCUT2D eigenvalue weighted by atomic mass is 10.3. The number of rotatable bonds is 3. The van der Waals surface area contributed by atoms with Crippen LogP contribution in [0.4, 0.5) is 5.69 Å². The van der Waals surface area contributed by atoms with Gasteiger partial charge in [0.1, 0.15) is 4.90 Å².